The van der Waals surface area contributed by atoms with Crippen molar-refractivity contribution in [2.45, 2.75) is 39.3 Å². The van der Waals surface area contributed by atoms with E-state index in [0.29, 0.717) is 0 Å². The summed E-state index contributed by atoms with van der Waals surface area (Å²) in [5, 5.41) is 3.28. The molecule has 0 aromatic carbocycles. The normalized spacial score (nSPS) is 12.0. The first-order valence-corrected chi connectivity index (χ1v) is 4.81. The van der Waals surface area contributed by atoms with Crippen LogP contribution in [0.4, 0.5) is 0 Å². The summed E-state index contributed by atoms with van der Waals surface area (Å²) in [6.45, 7) is 7.54. The van der Waals surface area contributed by atoms with E-state index in [9.17, 15) is 0 Å². The predicted octanol–water partition coefficient (Wildman–Crippen LogP) is 1.75. The van der Waals surface area contributed by atoms with Crippen LogP contribution in [0.15, 0.2) is 12.5 Å². The van der Waals surface area contributed by atoms with Crippen LogP contribution in [-0.4, -0.2) is 16.6 Å². The van der Waals surface area contributed by atoms with Crippen LogP contribution in [0, 0.1) is 0 Å². The predicted molar refractivity (Wildman–Crippen MR) is 54.6 cm³/mol. The highest BCUT2D eigenvalue weighted by Crippen LogP contribution is 2.18. The van der Waals surface area contributed by atoms with Gasteiger partial charge in [-0.25, -0.2) is 4.98 Å². The monoisotopic (exact) mass is 181 g/mol. The second-order valence-corrected chi connectivity index (χ2v) is 3.85. The summed E-state index contributed by atoms with van der Waals surface area (Å²) >= 11 is 0. The quantitative estimate of drug-likeness (QED) is 0.767. The Bertz CT molecular complexity index is 263. The molecule has 0 amide bonds. The first-order chi connectivity index (χ1) is 6.11. The number of hydrogen-bond acceptors (Lipinski definition) is 2. The number of hydrogen-bond donors (Lipinski definition) is 1. The molecule has 3 nitrogen and oxygen atoms in total. The zero-order valence-corrected chi connectivity index (χ0v) is 8.96. The molecule has 0 atom stereocenters. The molecule has 0 aliphatic rings. The van der Waals surface area contributed by atoms with Crippen molar-refractivity contribution in [3.05, 3.63) is 18.2 Å². The van der Waals surface area contributed by atoms with Gasteiger partial charge in [-0.3, -0.25) is 0 Å². The molecule has 0 bridgehead atoms. The lowest BCUT2D eigenvalue weighted by molar-refractivity contribution is 0.407. The Morgan fingerprint density at radius 2 is 2.23 bits per heavy atom. The molecule has 0 aliphatic heterocycles. The van der Waals surface area contributed by atoms with Crippen molar-refractivity contribution in [2.75, 3.05) is 7.05 Å². The van der Waals surface area contributed by atoms with E-state index in [-0.39, 0.29) is 5.54 Å². The van der Waals surface area contributed by atoms with E-state index in [2.05, 4.69) is 35.6 Å². The standard InChI is InChI=1S/C10H19N3/c1-5-6-13-8-12-7-9(13)10(2,3)11-4/h7-8,11H,5-6H2,1-4H3. The van der Waals surface area contributed by atoms with Crippen LogP contribution < -0.4 is 5.32 Å². The average molecular weight is 181 g/mol. The van der Waals surface area contributed by atoms with Crippen LogP contribution in [0.1, 0.15) is 32.9 Å². The molecule has 1 aromatic heterocycles. The molecule has 0 radical (unpaired) electrons. The second-order valence-electron chi connectivity index (χ2n) is 3.85. The summed E-state index contributed by atoms with van der Waals surface area (Å²) in [6, 6.07) is 0. The largest absolute Gasteiger partial charge is 0.333 e. The van der Waals surface area contributed by atoms with Gasteiger partial charge in [-0.05, 0) is 27.3 Å². The SMILES string of the molecule is CCCn1cncc1C(C)(C)NC. The molecule has 3 heteroatoms. The van der Waals surface area contributed by atoms with Crippen LogP contribution >= 0.6 is 0 Å². The molecule has 1 N–H and O–H groups in total. The fourth-order valence-corrected chi connectivity index (χ4v) is 1.39. The molecule has 13 heavy (non-hydrogen) atoms. The smallest absolute Gasteiger partial charge is 0.0948 e. The lowest BCUT2D eigenvalue weighted by atomic mass is 10.0. The van der Waals surface area contributed by atoms with Gasteiger partial charge in [-0.15, -0.1) is 0 Å². The molecule has 0 saturated heterocycles. The topological polar surface area (TPSA) is 29.9 Å². The molecule has 0 aliphatic carbocycles. The number of aromatic nitrogens is 2. The van der Waals surface area contributed by atoms with E-state index in [1.54, 1.807) is 0 Å². The van der Waals surface area contributed by atoms with Gasteiger partial charge in [0.15, 0.2) is 0 Å². The summed E-state index contributed by atoms with van der Waals surface area (Å²) in [5.74, 6) is 0. The van der Waals surface area contributed by atoms with E-state index in [1.165, 1.54) is 5.69 Å². The third-order valence-electron chi connectivity index (χ3n) is 2.44. The van der Waals surface area contributed by atoms with Crippen LogP contribution in [-0.2, 0) is 12.1 Å². The van der Waals surface area contributed by atoms with Crippen molar-refractivity contribution in [1.82, 2.24) is 14.9 Å². The third kappa shape index (κ3) is 2.10. The van der Waals surface area contributed by atoms with Crippen LogP contribution in [0.3, 0.4) is 0 Å². The maximum Gasteiger partial charge on any atom is 0.0948 e. The van der Waals surface area contributed by atoms with Crippen molar-refractivity contribution in [3.8, 4) is 0 Å². The lowest BCUT2D eigenvalue weighted by Crippen LogP contribution is -2.35. The van der Waals surface area contributed by atoms with E-state index in [0.717, 1.165) is 13.0 Å². The van der Waals surface area contributed by atoms with Crippen molar-refractivity contribution in [2.24, 2.45) is 0 Å². The second kappa shape index (κ2) is 3.92. The molecule has 0 spiro atoms. The molecule has 74 valence electrons. The van der Waals surface area contributed by atoms with Gasteiger partial charge in [0.25, 0.3) is 0 Å². The zero-order valence-electron chi connectivity index (χ0n) is 8.96. The molecule has 0 saturated carbocycles. The molecule has 1 aromatic rings. The summed E-state index contributed by atoms with van der Waals surface area (Å²) in [5.41, 5.74) is 1.25. The van der Waals surface area contributed by atoms with E-state index in [4.69, 9.17) is 0 Å². The Hall–Kier alpha value is -0.830. The minimum Gasteiger partial charge on any atom is -0.333 e. The van der Waals surface area contributed by atoms with Crippen molar-refractivity contribution < 1.29 is 0 Å². The molecule has 1 rings (SSSR count). The van der Waals surface area contributed by atoms with Gasteiger partial charge in [-0.1, -0.05) is 6.92 Å². The zero-order chi connectivity index (χ0) is 9.90. The summed E-state index contributed by atoms with van der Waals surface area (Å²) in [4.78, 5) is 4.18. The Balaban J connectivity index is 2.93. The number of imidazole rings is 1. The Morgan fingerprint density at radius 3 is 2.77 bits per heavy atom. The molecule has 0 unspecified atom stereocenters. The number of rotatable bonds is 4. The van der Waals surface area contributed by atoms with Gasteiger partial charge in [0, 0.05) is 12.7 Å². The molecular formula is C10H19N3. The number of aryl methyl sites for hydroxylation is 1. The summed E-state index contributed by atoms with van der Waals surface area (Å²) in [7, 11) is 1.98. The van der Waals surface area contributed by atoms with Crippen LogP contribution in [0.2, 0.25) is 0 Å². The number of nitrogens with zero attached hydrogens (tertiary/aromatic N) is 2. The summed E-state index contributed by atoms with van der Waals surface area (Å²) in [6.07, 6.45) is 4.98. The first-order valence-electron chi connectivity index (χ1n) is 4.81. The van der Waals surface area contributed by atoms with Gasteiger partial charge < -0.3 is 9.88 Å². The van der Waals surface area contributed by atoms with Gasteiger partial charge in [0.05, 0.1) is 17.6 Å². The fraction of sp³-hybridized carbons (Fsp3) is 0.700. The van der Waals surface area contributed by atoms with E-state index < -0.39 is 0 Å². The molecular weight excluding hydrogens is 162 g/mol. The minimum absolute atomic E-state index is 0.00562. The van der Waals surface area contributed by atoms with Crippen LogP contribution in [0.25, 0.3) is 0 Å². The Morgan fingerprint density at radius 1 is 1.54 bits per heavy atom. The lowest BCUT2D eigenvalue weighted by Gasteiger charge is -2.25. The van der Waals surface area contributed by atoms with Gasteiger partial charge in [0.2, 0.25) is 0 Å². The van der Waals surface area contributed by atoms with Crippen molar-refractivity contribution in [3.63, 3.8) is 0 Å². The molecule has 1 heterocycles. The highest BCUT2D eigenvalue weighted by Gasteiger charge is 2.21. The average Bonchev–Trinajstić information content (AvgIpc) is 2.54. The maximum atomic E-state index is 4.18. The van der Waals surface area contributed by atoms with E-state index >= 15 is 0 Å². The highest BCUT2D eigenvalue weighted by molar-refractivity contribution is 5.10. The highest BCUT2D eigenvalue weighted by atomic mass is 15.1. The maximum absolute atomic E-state index is 4.18. The van der Waals surface area contributed by atoms with Gasteiger partial charge in [-0.2, -0.15) is 0 Å². The van der Waals surface area contributed by atoms with Gasteiger partial charge >= 0.3 is 0 Å². The third-order valence-corrected chi connectivity index (χ3v) is 2.44. The first kappa shape index (κ1) is 10.3. The van der Waals surface area contributed by atoms with Crippen LogP contribution in [0.5, 0.6) is 0 Å². The fourth-order valence-electron chi connectivity index (χ4n) is 1.39. The van der Waals surface area contributed by atoms with E-state index in [1.807, 2.05) is 19.6 Å². The summed E-state index contributed by atoms with van der Waals surface area (Å²) < 4.78 is 2.20. The Kier molecular flexibility index (Phi) is 3.09. The van der Waals surface area contributed by atoms with Gasteiger partial charge in [0.1, 0.15) is 0 Å². The molecule has 0 fully saturated rings. The van der Waals surface area contributed by atoms with Crippen molar-refractivity contribution >= 4 is 0 Å². The van der Waals surface area contributed by atoms with Crippen molar-refractivity contribution in [1.29, 1.82) is 0 Å². The Labute approximate surface area is 80.2 Å². The minimum atomic E-state index is 0.00562. The number of nitrogens with one attached hydrogen (secondary N) is 1.